The Labute approximate surface area is 106 Å². The van der Waals surface area contributed by atoms with Crippen molar-refractivity contribution in [1.82, 2.24) is 14.5 Å². The molecule has 0 radical (unpaired) electrons. The molecule has 4 atom stereocenters. The molecule has 2 aliphatic rings. The van der Waals surface area contributed by atoms with Crippen LogP contribution in [-0.2, 0) is 11.3 Å². The maximum absolute atomic E-state index is 14.1. The van der Waals surface area contributed by atoms with Crippen LogP contribution in [0.1, 0.15) is 6.92 Å². The number of aliphatic hydroxyl groups excluding tert-OH is 1. The second-order valence-corrected chi connectivity index (χ2v) is 5.05. The zero-order valence-corrected chi connectivity index (χ0v) is 9.96. The number of aliphatic hydroxyl groups is 1. The quantitative estimate of drug-likeness (QED) is 0.717. The molecule has 0 spiro atoms. The van der Waals surface area contributed by atoms with Gasteiger partial charge in [-0.2, -0.15) is 4.98 Å². The number of halogens is 2. The summed E-state index contributed by atoms with van der Waals surface area (Å²) in [5, 5.41) is 9.40. The highest BCUT2D eigenvalue weighted by Crippen LogP contribution is 2.65. The van der Waals surface area contributed by atoms with Crippen LogP contribution in [0.4, 0.5) is 14.7 Å². The van der Waals surface area contributed by atoms with Gasteiger partial charge in [0.15, 0.2) is 0 Å². The van der Waals surface area contributed by atoms with Gasteiger partial charge in [-0.05, 0) is 6.92 Å². The first kappa shape index (κ1) is 12.4. The molecule has 1 saturated carbocycles. The molecular formula is C10H12F2N4O3. The molecule has 1 aromatic heterocycles. The van der Waals surface area contributed by atoms with E-state index in [4.69, 9.17) is 10.5 Å². The van der Waals surface area contributed by atoms with Crippen LogP contribution in [0.3, 0.4) is 0 Å². The van der Waals surface area contributed by atoms with Gasteiger partial charge in [-0.15, -0.1) is 0 Å². The lowest BCUT2D eigenvalue weighted by Crippen LogP contribution is -2.44. The molecule has 3 N–H and O–H groups in total. The Morgan fingerprint density at radius 2 is 2.32 bits per heavy atom. The topological polar surface area (TPSA) is 103 Å². The molecule has 1 saturated heterocycles. The molecule has 0 aromatic carbocycles. The molecule has 1 aliphatic heterocycles. The molecule has 2 fully saturated rings. The maximum atomic E-state index is 14.1. The summed E-state index contributed by atoms with van der Waals surface area (Å²) in [5.74, 6) is -3.44. The number of hydrogen-bond donors (Lipinski definition) is 2. The molecule has 104 valence electrons. The van der Waals surface area contributed by atoms with Gasteiger partial charge in [0, 0.05) is 0 Å². The predicted molar refractivity (Wildman–Crippen MR) is 58.4 cm³/mol. The van der Waals surface area contributed by atoms with Gasteiger partial charge >= 0.3 is 5.69 Å². The van der Waals surface area contributed by atoms with E-state index in [0.717, 1.165) is 10.9 Å². The molecule has 0 bridgehead atoms. The van der Waals surface area contributed by atoms with Crippen molar-refractivity contribution in [2.24, 2.45) is 5.41 Å². The van der Waals surface area contributed by atoms with Crippen LogP contribution in [0.5, 0.6) is 0 Å². The highest BCUT2D eigenvalue weighted by atomic mass is 19.3. The zero-order chi connectivity index (χ0) is 14.0. The van der Waals surface area contributed by atoms with Crippen molar-refractivity contribution in [3.8, 4) is 0 Å². The Bertz CT molecular complexity index is 592. The number of fused-ring (bicyclic) bond motifs is 1. The molecule has 0 amide bonds. The average molecular weight is 274 g/mol. The normalized spacial score (nSPS) is 39.1. The van der Waals surface area contributed by atoms with Crippen LogP contribution in [0, 0.1) is 5.41 Å². The minimum Gasteiger partial charge on any atom is -0.389 e. The van der Waals surface area contributed by atoms with Gasteiger partial charge in [0.25, 0.3) is 5.92 Å². The minimum atomic E-state index is -3.22. The molecule has 7 nitrogen and oxygen atoms in total. The number of aromatic nitrogens is 3. The monoisotopic (exact) mass is 274 g/mol. The number of alkyl halides is 2. The van der Waals surface area contributed by atoms with E-state index in [0.29, 0.717) is 0 Å². The third-order valence-corrected chi connectivity index (χ3v) is 3.96. The second-order valence-electron chi connectivity index (χ2n) is 5.05. The Balaban J connectivity index is 1.84. The smallest absolute Gasteiger partial charge is 0.352 e. The summed E-state index contributed by atoms with van der Waals surface area (Å²) in [4.78, 5) is 18.4. The number of nitrogen functional groups attached to an aromatic ring is 1. The van der Waals surface area contributed by atoms with Crippen molar-refractivity contribution in [3.63, 3.8) is 0 Å². The summed E-state index contributed by atoms with van der Waals surface area (Å²) in [6.07, 6.45) is -2.50. The summed E-state index contributed by atoms with van der Waals surface area (Å²) in [6.45, 7) is 0.884. The van der Waals surface area contributed by atoms with E-state index in [1.54, 1.807) is 0 Å². The van der Waals surface area contributed by atoms with Crippen LogP contribution >= 0.6 is 0 Å². The molecule has 3 rings (SSSR count). The Morgan fingerprint density at radius 1 is 1.63 bits per heavy atom. The minimum absolute atomic E-state index is 0.217. The molecular weight excluding hydrogens is 262 g/mol. The van der Waals surface area contributed by atoms with Crippen molar-refractivity contribution in [2.75, 3.05) is 5.73 Å². The van der Waals surface area contributed by atoms with Gasteiger partial charge in [-0.3, -0.25) is 4.57 Å². The largest absolute Gasteiger partial charge is 0.389 e. The second kappa shape index (κ2) is 3.48. The number of ether oxygens (including phenoxy) is 1. The van der Waals surface area contributed by atoms with Gasteiger partial charge in [0.1, 0.15) is 12.4 Å². The van der Waals surface area contributed by atoms with Crippen LogP contribution < -0.4 is 11.4 Å². The molecule has 19 heavy (non-hydrogen) atoms. The van der Waals surface area contributed by atoms with E-state index < -0.39 is 35.3 Å². The molecule has 2 heterocycles. The SMILES string of the molecule is C[C@]12C(O)[C@H]1O[C@@H](Cn1cnc(N)nc1=O)C2(F)F. The summed E-state index contributed by atoms with van der Waals surface area (Å²) in [6, 6.07) is 0. The Morgan fingerprint density at radius 3 is 2.84 bits per heavy atom. The summed E-state index contributed by atoms with van der Waals surface area (Å²) < 4.78 is 34.2. The maximum Gasteiger partial charge on any atom is 0.352 e. The fraction of sp³-hybridized carbons (Fsp3) is 0.700. The summed E-state index contributed by atoms with van der Waals surface area (Å²) in [5.41, 5.74) is 2.87. The number of rotatable bonds is 2. The molecule has 1 unspecified atom stereocenters. The van der Waals surface area contributed by atoms with Crippen LogP contribution in [0.25, 0.3) is 0 Å². The third kappa shape index (κ3) is 1.45. The standard InChI is InChI=1S/C10H12F2N4O3/c1-9-5(17)6(9)19-4(10(9,11)12)2-16-3-14-7(13)15-8(16)18/h3-6,17H,2H2,1H3,(H2,13,15,18)/t4-,5?,6+,9-/m0/s1. The van der Waals surface area contributed by atoms with Gasteiger partial charge < -0.3 is 15.6 Å². The lowest BCUT2D eigenvalue weighted by atomic mass is 9.96. The first-order valence-electron chi connectivity index (χ1n) is 5.69. The van der Waals surface area contributed by atoms with E-state index in [1.807, 2.05) is 0 Å². The van der Waals surface area contributed by atoms with Gasteiger partial charge in [-0.1, -0.05) is 0 Å². The molecule has 1 aromatic rings. The first-order chi connectivity index (χ1) is 8.78. The summed E-state index contributed by atoms with van der Waals surface area (Å²) in [7, 11) is 0. The fourth-order valence-corrected chi connectivity index (χ4v) is 2.49. The van der Waals surface area contributed by atoms with E-state index in [1.165, 1.54) is 6.92 Å². The van der Waals surface area contributed by atoms with E-state index >= 15 is 0 Å². The number of nitrogens with two attached hydrogens (primary N) is 1. The Hall–Kier alpha value is -1.61. The van der Waals surface area contributed by atoms with Gasteiger partial charge in [0.05, 0.1) is 24.2 Å². The molecule has 9 heteroatoms. The third-order valence-electron chi connectivity index (χ3n) is 3.96. The van der Waals surface area contributed by atoms with Crippen molar-refractivity contribution >= 4 is 5.95 Å². The highest BCUT2D eigenvalue weighted by molar-refractivity contribution is 5.24. The molecule has 1 aliphatic carbocycles. The predicted octanol–water partition coefficient (Wildman–Crippen LogP) is -0.996. The van der Waals surface area contributed by atoms with Gasteiger partial charge in [-0.25, -0.2) is 18.6 Å². The summed E-state index contributed by atoms with van der Waals surface area (Å²) >= 11 is 0. The van der Waals surface area contributed by atoms with Crippen molar-refractivity contribution in [1.29, 1.82) is 0 Å². The van der Waals surface area contributed by atoms with Gasteiger partial charge in [0.2, 0.25) is 5.95 Å². The fourth-order valence-electron chi connectivity index (χ4n) is 2.49. The van der Waals surface area contributed by atoms with E-state index in [-0.39, 0.29) is 12.5 Å². The van der Waals surface area contributed by atoms with E-state index in [2.05, 4.69) is 9.97 Å². The van der Waals surface area contributed by atoms with Crippen molar-refractivity contribution in [3.05, 3.63) is 16.8 Å². The van der Waals surface area contributed by atoms with Crippen LogP contribution in [-0.4, -0.2) is 43.9 Å². The Kier molecular flexibility index (Phi) is 2.28. The van der Waals surface area contributed by atoms with E-state index in [9.17, 15) is 18.7 Å². The average Bonchev–Trinajstić information content (AvgIpc) is 2.77. The lowest BCUT2D eigenvalue weighted by molar-refractivity contribution is -0.146. The lowest BCUT2D eigenvalue weighted by Gasteiger charge is -2.26. The zero-order valence-electron chi connectivity index (χ0n) is 9.96. The number of anilines is 1. The van der Waals surface area contributed by atoms with Crippen LogP contribution in [0.15, 0.2) is 11.1 Å². The first-order valence-corrected chi connectivity index (χ1v) is 5.69. The highest BCUT2D eigenvalue weighted by Gasteiger charge is 2.82. The number of hydrogen-bond acceptors (Lipinski definition) is 6. The number of nitrogens with zero attached hydrogens (tertiary/aromatic N) is 3. The van der Waals surface area contributed by atoms with Crippen molar-refractivity contribution < 1.29 is 18.6 Å². The van der Waals surface area contributed by atoms with Crippen molar-refractivity contribution in [2.45, 2.75) is 37.7 Å². The van der Waals surface area contributed by atoms with Crippen LogP contribution in [0.2, 0.25) is 0 Å².